The molecule has 21 heavy (non-hydrogen) atoms. The molecule has 5 nitrogen and oxygen atoms in total. The average Bonchev–Trinajstić information content (AvgIpc) is 2.53. The van der Waals surface area contributed by atoms with Crippen LogP contribution in [0.15, 0.2) is 29.2 Å². The van der Waals surface area contributed by atoms with Gasteiger partial charge >= 0.3 is 0 Å². The van der Waals surface area contributed by atoms with Crippen LogP contribution in [0.1, 0.15) is 12.8 Å². The minimum absolute atomic E-state index is 0.0543. The molecule has 6 heteroatoms. The van der Waals surface area contributed by atoms with Crippen molar-refractivity contribution in [3.8, 4) is 17.9 Å². The number of methoxy groups -OCH3 is 1. The Labute approximate surface area is 129 Å². The molecule has 0 aliphatic heterocycles. The second-order valence-corrected chi connectivity index (χ2v) is 5.21. The lowest BCUT2D eigenvalue weighted by Gasteiger charge is -2.20. The number of hydrogen-bond acceptors (Lipinski definition) is 5. The van der Waals surface area contributed by atoms with Crippen LogP contribution in [-0.4, -0.2) is 36.8 Å². The van der Waals surface area contributed by atoms with E-state index in [-0.39, 0.29) is 18.7 Å². The van der Waals surface area contributed by atoms with Crippen LogP contribution in [-0.2, 0) is 4.79 Å². The van der Waals surface area contributed by atoms with Crippen LogP contribution >= 0.6 is 11.8 Å². The van der Waals surface area contributed by atoms with Gasteiger partial charge in [-0.15, -0.1) is 11.8 Å². The molecular formula is C15H17N3O2S. The molecule has 1 rings (SSSR count). The van der Waals surface area contributed by atoms with Gasteiger partial charge in [0.1, 0.15) is 5.75 Å². The Morgan fingerprint density at radius 1 is 1.19 bits per heavy atom. The molecule has 0 aliphatic carbocycles. The van der Waals surface area contributed by atoms with Crippen molar-refractivity contribution in [3.63, 3.8) is 0 Å². The van der Waals surface area contributed by atoms with Crippen LogP contribution in [0.25, 0.3) is 0 Å². The third-order valence-corrected chi connectivity index (χ3v) is 3.76. The maximum atomic E-state index is 12.1. The molecule has 1 aromatic rings. The number of ether oxygens (including phenoxy) is 1. The lowest BCUT2D eigenvalue weighted by molar-refractivity contribution is -0.128. The van der Waals surface area contributed by atoms with Crippen molar-refractivity contribution >= 4 is 17.7 Å². The number of benzene rings is 1. The highest BCUT2D eigenvalue weighted by Gasteiger charge is 2.13. The molecule has 0 bridgehead atoms. The van der Waals surface area contributed by atoms with E-state index in [4.69, 9.17) is 15.3 Å². The van der Waals surface area contributed by atoms with Gasteiger partial charge in [0, 0.05) is 18.0 Å². The summed E-state index contributed by atoms with van der Waals surface area (Å²) in [6, 6.07) is 11.5. The maximum Gasteiger partial charge on any atom is 0.232 e. The van der Waals surface area contributed by atoms with Crippen LogP contribution in [0, 0.1) is 22.7 Å². The third kappa shape index (κ3) is 6.20. The first-order chi connectivity index (χ1) is 10.2. The molecule has 0 aromatic heterocycles. The largest absolute Gasteiger partial charge is 0.497 e. The number of hydrogen-bond donors (Lipinski definition) is 0. The average molecular weight is 303 g/mol. The quantitative estimate of drug-likeness (QED) is 0.689. The van der Waals surface area contributed by atoms with Gasteiger partial charge in [-0.3, -0.25) is 4.79 Å². The minimum Gasteiger partial charge on any atom is -0.497 e. The van der Waals surface area contributed by atoms with Crippen LogP contribution < -0.4 is 4.74 Å². The number of thioether (sulfide) groups is 1. The molecule has 0 heterocycles. The minimum atomic E-state index is -0.0543. The van der Waals surface area contributed by atoms with Crippen LogP contribution in [0.5, 0.6) is 5.75 Å². The topological polar surface area (TPSA) is 77.1 Å². The molecule has 0 saturated carbocycles. The molecule has 0 fully saturated rings. The number of amides is 1. The van der Waals surface area contributed by atoms with Crippen molar-refractivity contribution in [2.24, 2.45) is 0 Å². The summed E-state index contributed by atoms with van der Waals surface area (Å²) in [5.74, 6) is 1.01. The number of nitrogens with zero attached hydrogens (tertiary/aromatic N) is 3. The van der Waals surface area contributed by atoms with Crippen molar-refractivity contribution in [2.45, 2.75) is 17.7 Å². The van der Waals surface area contributed by atoms with E-state index in [1.165, 1.54) is 11.8 Å². The lowest BCUT2D eigenvalue weighted by Crippen LogP contribution is -2.34. The van der Waals surface area contributed by atoms with Gasteiger partial charge in [0.05, 0.1) is 37.8 Å². The molecule has 0 unspecified atom stereocenters. The first-order valence-corrected chi connectivity index (χ1v) is 7.48. The summed E-state index contributed by atoms with van der Waals surface area (Å²) >= 11 is 1.43. The van der Waals surface area contributed by atoms with Crippen molar-refractivity contribution in [2.75, 3.05) is 26.0 Å². The SMILES string of the molecule is COc1ccc(SCC(=O)N(CCC#N)CCC#N)cc1. The second kappa shape index (κ2) is 9.68. The van der Waals surface area contributed by atoms with Crippen molar-refractivity contribution in [1.29, 1.82) is 10.5 Å². The second-order valence-electron chi connectivity index (χ2n) is 4.16. The first kappa shape index (κ1) is 16.9. The molecule has 110 valence electrons. The summed E-state index contributed by atoms with van der Waals surface area (Å²) in [6.45, 7) is 0.750. The van der Waals surface area contributed by atoms with E-state index >= 15 is 0 Å². The van der Waals surface area contributed by atoms with Gasteiger partial charge in [-0.05, 0) is 24.3 Å². The zero-order valence-corrected chi connectivity index (χ0v) is 12.7. The number of nitriles is 2. The summed E-state index contributed by atoms with van der Waals surface area (Å²) in [7, 11) is 1.61. The molecule has 1 amide bonds. The number of rotatable bonds is 8. The number of carbonyl (C=O) groups excluding carboxylic acids is 1. The van der Waals surface area contributed by atoms with Gasteiger partial charge in [0.25, 0.3) is 0 Å². The summed E-state index contributed by atoms with van der Waals surface area (Å²) in [5, 5.41) is 17.2. The van der Waals surface area contributed by atoms with Gasteiger partial charge in [-0.1, -0.05) is 0 Å². The fraction of sp³-hybridized carbons (Fsp3) is 0.400. The smallest absolute Gasteiger partial charge is 0.232 e. The Morgan fingerprint density at radius 3 is 2.24 bits per heavy atom. The molecule has 0 saturated heterocycles. The predicted octanol–water partition coefficient (Wildman–Crippen LogP) is 2.44. The maximum absolute atomic E-state index is 12.1. The van der Waals surface area contributed by atoms with Crippen LogP contribution in [0.2, 0.25) is 0 Å². The highest BCUT2D eigenvalue weighted by molar-refractivity contribution is 8.00. The molecule has 0 spiro atoms. The fourth-order valence-corrected chi connectivity index (χ4v) is 2.44. The van der Waals surface area contributed by atoms with Gasteiger partial charge < -0.3 is 9.64 Å². The number of carbonyl (C=O) groups is 1. The summed E-state index contributed by atoms with van der Waals surface area (Å²) < 4.78 is 5.08. The van der Waals surface area contributed by atoms with E-state index in [9.17, 15) is 4.79 Å². The summed E-state index contributed by atoms with van der Waals surface area (Å²) in [5.41, 5.74) is 0. The molecule has 0 atom stereocenters. The summed E-state index contributed by atoms with van der Waals surface area (Å²) in [4.78, 5) is 14.7. The van der Waals surface area contributed by atoms with Crippen molar-refractivity contribution in [3.05, 3.63) is 24.3 Å². The Morgan fingerprint density at radius 2 is 1.76 bits per heavy atom. The monoisotopic (exact) mass is 303 g/mol. The van der Waals surface area contributed by atoms with E-state index in [1.54, 1.807) is 12.0 Å². The molecule has 0 N–H and O–H groups in total. The molecular weight excluding hydrogens is 286 g/mol. The van der Waals surface area contributed by atoms with E-state index in [2.05, 4.69) is 0 Å². The predicted molar refractivity (Wildman–Crippen MR) is 80.8 cm³/mol. The van der Waals surface area contributed by atoms with E-state index in [0.29, 0.717) is 18.8 Å². The molecule has 1 aromatic carbocycles. The Hall–Kier alpha value is -2.18. The first-order valence-electron chi connectivity index (χ1n) is 6.49. The highest BCUT2D eigenvalue weighted by Crippen LogP contribution is 2.21. The molecule has 0 aliphatic rings. The third-order valence-electron chi connectivity index (χ3n) is 2.76. The van der Waals surface area contributed by atoms with E-state index in [0.717, 1.165) is 10.6 Å². The van der Waals surface area contributed by atoms with Crippen LogP contribution in [0.3, 0.4) is 0 Å². The Balaban J connectivity index is 2.51. The van der Waals surface area contributed by atoms with Crippen molar-refractivity contribution < 1.29 is 9.53 Å². The van der Waals surface area contributed by atoms with Crippen molar-refractivity contribution in [1.82, 2.24) is 4.90 Å². The standard InChI is InChI=1S/C15H17N3O2S/c1-20-13-4-6-14(7-5-13)21-12-15(19)18(10-2-8-16)11-3-9-17/h4-7H,2-3,10-12H2,1H3. The fourth-order valence-electron chi connectivity index (χ4n) is 1.64. The zero-order valence-electron chi connectivity index (χ0n) is 11.9. The van der Waals surface area contributed by atoms with Gasteiger partial charge in [0.2, 0.25) is 5.91 Å². The molecule has 0 radical (unpaired) electrons. The Kier molecular flexibility index (Phi) is 7.78. The zero-order chi connectivity index (χ0) is 15.5. The van der Waals surface area contributed by atoms with Gasteiger partial charge in [-0.25, -0.2) is 0 Å². The van der Waals surface area contributed by atoms with E-state index in [1.807, 2.05) is 36.4 Å². The van der Waals surface area contributed by atoms with Gasteiger partial charge in [-0.2, -0.15) is 10.5 Å². The Bertz CT molecular complexity index is 513. The van der Waals surface area contributed by atoms with Gasteiger partial charge in [0.15, 0.2) is 0 Å². The normalized spacial score (nSPS) is 9.48. The summed E-state index contributed by atoms with van der Waals surface area (Å²) in [6.07, 6.45) is 0.564. The van der Waals surface area contributed by atoms with Crippen LogP contribution in [0.4, 0.5) is 0 Å². The highest BCUT2D eigenvalue weighted by atomic mass is 32.2. The van der Waals surface area contributed by atoms with E-state index < -0.39 is 0 Å². The lowest BCUT2D eigenvalue weighted by atomic mass is 10.3.